The van der Waals surface area contributed by atoms with Crippen LogP contribution in [0.1, 0.15) is 69.3 Å². The van der Waals surface area contributed by atoms with Crippen LogP contribution in [0.25, 0.3) is 0 Å². The van der Waals surface area contributed by atoms with E-state index in [4.69, 9.17) is 0 Å². The number of amides is 2. The number of hydrogen-bond acceptors (Lipinski definition) is 4. The SMILES string of the molecule is CCCCNC(=O)C1CCN(C(=O)c2ccc(NS(=O)(=O)c3ccc(C(C)(C)C)cc3)cc2)CC1. The number of anilines is 1. The molecule has 1 heterocycles. The highest BCUT2D eigenvalue weighted by Crippen LogP contribution is 2.25. The molecule has 0 bridgehead atoms. The number of piperidine rings is 1. The first-order valence-electron chi connectivity index (χ1n) is 12.3. The molecule has 0 atom stereocenters. The zero-order valence-electron chi connectivity index (χ0n) is 21.1. The van der Waals surface area contributed by atoms with Crippen molar-refractivity contribution < 1.29 is 18.0 Å². The molecule has 1 fully saturated rings. The number of carbonyl (C=O) groups is 2. The maximum Gasteiger partial charge on any atom is 0.261 e. The molecule has 35 heavy (non-hydrogen) atoms. The second-order valence-corrected chi connectivity index (χ2v) is 11.9. The monoisotopic (exact) mass is 499 g/mol. The van der Waals surface area contributed by atoms with Gasteiger partial charge in [0.05, 0.1) is 4.90 Å². The Bertz CT molecular complexity index is 1110. The predicted octanol–water partition coefficient (Wildman–Crippen LogP) is 4.55. The van der Waals surface area contributed by atoms with Crippen molar-refractivity contribution in [3.63, 3.8) is 0 Å². The quantitative estimate of drug-likeness (QED) is 0.521. The van der Waals surface area contributed by atoms with E-state index in [0.29, 0.717) is 43.7 Å². The Morgan fingerprint density at radius 2 is 1.57 bits per heavy atom. The summed E-state index contributed by atoms with van der Waals surface area (Å²) >= 11 is 0. The molecular formula is C27H37N3O4S. The number of rotatable bonds is 8. The van der Waals surface area contributed by atoms with Crippen molar-refractivity contribution in [2.24, 2.45) is 5.92 Å². The number of likely N-dealkylation sites (tertiary alicyclic amines) is 1. The van der Waals surface area contributed by atoms with Crippen LogP contribution in [0.5, 0.6) is 0 Å². The minimum Gasteiger partial charge on any atom is -0.356 e. The Balaban J connectivity index is 1.57. The van der Waals surface area contributed by atoms with Gasteiger partial charge in [-0.05, 0) is 66.6 Å². The molecule has 2 amide bonds. The van der Waals surface area contributed by atoms with E-state index in [0.717, 1.165) is 18.4 Å². The van der Waals surface area contributed by atoms with Crippen LogP contribution < -0.4 is 10.0 Å². The molecule has 2 aromatic carbocycles. The molecule has 0 radical (unpaired) electrons. The summed E-state index contributed by atoms with van der Waals surface area (Å²) in [6.07, 6.45) is 3.31. The van der Waals surface area contributed by atoms with E-state index >= 15 is 0 Å². The Morgan fingerprint density at radius 1 is 0.971 bits per heavy atom. The van der Waals surface area contributed by atoms with E-state index in [-0.39, 0.29) is 28.0 Å². The zero-order chi connectivity index (χ0) is 25.6. The summed E-state index contributed by atoms with van der Waals surface area (Å²) in [6, 6.07) is 13.3. The molecule has 2 N–H and O–H groups in total. The second-order valence-electron chi connectivity index (χ2n) is 10.2. The Hall–Kier alpha value is -2.87. The smallest absolute Gasteiger partial charge is 0.261 e. The van der Waals surface area contributed by atoms with Crippen molar-refractivity contribution in [1.82, 2.24) is 10.2 Å². The molecule has 1 aliphatic rings. The molecule has 190 valence electrons. The number of unbranched alkanes of at least 4 members (excludes halogenated alkanes) is 1. The van der Waals surface area contributed by atoms with Gasteiger partial charge >= 0.3 is 0 Å². The van der Waals surface area contributed by atoms with E-state index in [9.17, 15) is 18.0 Å². The van der Waals surface area contributed by atoms with Crippen LogP contribution >= 0.6 is 0 Å². The minimum atomic E-state index is -3.74. The van der Waals surface area contributed by atoms with Crippen LogP contribution in [0.2, 0.25) is 0 Å². The molecular weight excluding hydrogens is 462 g/mol. The van der Waals surface area contributed by atoms with Gasteiger partial charge in [0, 0.05) is 36.8 Å². The normalized spacial score (nSPS) is 15.0. The fourth-order valence-corrected chi connectivity index (χ4v) is 5.15. The predicted molar refractivity (Wildman–Crippen MR) is 139 cm³/mol. The summed E-state index contributed by atoms with van der Waals surface area (Å²) in [5.74, 6) is -0.0811. The van der Waals surface area contributed by atoms with E-state index in [1.54, 1.807) is 41.3 Å². The maximum absolute atomic E-state index is 12.9. The highest BCUT2D eigenvalue weighted by Gasteiger charge is 2.27. The number of benzene rings is 2. The first-order chi connectivity index (χ1) is 16.5. The highest BCUT2D eigenvalue weighted by atomic mass is 32.2. The number of nitrogens with one attached hydrogen (secondary N) is 2. The van der Waals surface area contributed by atoms with E-state index in [1.807, 2.05) is 12.1 Å². The van der Waals surface area contributed by atoms with E-state index < -0.39 is 10.0 Å². The first kappa shape index (κ1) is 26.7. The van der Waals surface area contributed by atoms with Gasteiger partial charge in [0.1, 0.15) is 0 Å². The van der Waals surface area contributed by atoms with Crippen molar-refractivity contribution >= 4 is 27.5 Å². The fraction of sp³-hybridized carbons (Fsp3) is 0.481. The van der Waals surface area contributed by atoms with Gasteiger partial charge in [-0.3, -0.25) is 14.3 Å². The van der Waals surface area contributed by atoms with E-state index in [2.05, 4.69) is 37.7 Å². The topological polar surface area (TPSA) is 95.6 Å². The van der Waals surface area contributed by atoms with Gasteiger partial charge < -0.3 is 10.2 Å². The van der Waals surface area contributed by atoms with Crippen molar-refractivity contribution in [3.8, 4) is 0 Å². The lowest BCUT2D eigenvalue weighted by molar-refractivity contribution is -0.126. The third kappa shape index (κ3) is 7.07. The molecule has 1 saturated heterocycles. The number of sulfonamides is 1. The Kier molecular flexibility index (Phi) is 8.59. The average Bonchev–Trinajstić information content (AvgIpc) is 2.83. The zero-order valence-corrected chi connectivity index (χ0v) is 22.0. The van der Waals surface area contributed by atoms with Gasteiger partial charge in [-0.1, -0.05) is 46.2 Å². The van der Waals surface area contributed by atoms with Crippen LogP contribution in [-0.2, 0) is 20.2 Å². The largest absolute Gasteiger partial charge is 0.356 e. The molecule has 0 spiro atoms. The van der Waals surface area contributed by atoms with Crippen LogP contribution in [-0.4, -0.2) is 44.8 Å². The number of nitrogens with zero attached hydrogens (tertiary/aromatic N) is 1. The Morgan fingerprint density at radius 3 is 2.11 bits per heavy atom. The fourth-order valence-electron chi connectivity index (χ4n) is 4.09. The summed E-state index contributed by atoms with van der Waals surface area (Å²) in [5.41, 5.74) is 1.88. The molecule has 0 unspecified atom stereocenters. The molecule has 0 saturated carbocycles. The van der Waals surface area contributed by atoms with Gasteiger partial charge in [0.15, 0.2) is 0 Å². The van der Waals surface area contributed by atoms with E-state index in [1.165, 1.54) is 0 Å². The second kappa shape index (κ2) is 11.2. The molecule has 3 rings (SSSR count). The lowest BCUT2D eigenvalue weighted by Gasteiger charge is -2.31. The lowest BCUT2D eigenvalue weighted by atomic mass is 9.87. The van der Waals surface area contributed by atoms with Crippen molar-refractivity contribution in [2.75, 3.05) is 24.4 Å². The number of hydrogen-bond donors (Lipinski definition) is 2. The van der Waals surface area contributed by atoms with Crippen molar-refractivity contribution in [1.29, 1.82) is 0 Å². The minimum absolute atomic E-state index is 0.0508. The van der Waals surface area contributed by atoms with Gasteiger partial charge in [-0.2, -0.15) is 0 Å². The standard InChI is InChI=1S/C27H37N3O4S/c1-5-6-17-28-25(31)20-15-18-30(19-16-20)26(32)21-7-11-23(12-8-21)29-35(33,34)24-13-9-22(10-14-24)27(2,3)4/h7-14,20,29H,5-6,15-19H2,1-4H3,(H,28,31). The van der Waals surface area contributed by atoms with Crippen molar-refractivity contribution in [2.45, 2.75) is 63.7 Å². The molecule has 1 aliphatic heterocycles. The van der Waals surface area contributed by atoms with Crippen LogP contribution in [0.4, 0.5) is 5.69 Å². The average molecular weight is 500 g/mol. The van der Waals surface area contributed by atoms with Gasteiger partial charge in [-0.15, -0.1) is 0 Å². The van der Waals surface area contributed by atoms with Gasteiger partial charge in [0.25, 0.3) is 15.9 Å². The molecule has 2 aromatic rings. The summed E-state index contributed by atoms with van der Waals surface area (Å²) in [4.78, 5) is 27.1. The Labute approximate surface area is 209 Å². The summed E-state index contributed by atoms with van der Waals surface area (Å²) < 4.78 is 28.1. The van der Waals surface area contributed by atoms with Crippen molar-refractivity contribution in [3.05, 3.63) is 59.7 Å². The van der Waals surface area contributed by atoms with Crippen LogP contribution in [0.3, 0.4) is 0 Å². The lowest BCUT2D eigenvalue weighted by Crippen LogP contribution is -2.43. The first-order valence-corrected chi connectivity index (χ1v) is 13.8. The van der Waals surface area contributed by atoms with Crippen LogP contribution in [0, 0.1) is 5.92 Å². The molecule has 0 aromatic heterocycles. The summed E-state index contributed by atoms with van der Waals surface area (Å²) in [7, 11) is -3.74. The van der Waals surface area contributed by atoms with Gasteiger partial charge in [-0.25, -0.2) is 8.42 Å². The third-order valence-electron chi connectivity index (χ3n) is 6.40. The van der Waals surface area contributed by atoms with Gasteiger partial charge in [0.2, 0.25) is 5.91 Å². The molecule has 7 nitrogen and oxygen atoms in total. The number of carbonyl (C=O) groups excluding carboxylic acids is 2. The molecule has 0 aliphatic carbocycles. The maximum atomic E-state index is 12.9. The molecule has 8 heteroatoms. The highest BCUT2D eigenvalue weighted by molar-refractivity contribution is 7.92. The summed E-state index contributed by atoms with van der Waals surface area (Å²) in [5, 5.41) is 2.98. The summed E-state index contributed by atoms with van der Waals surface area (Å²) in [6.45, 7) is 10.1. The third-order valence-corrected chi connectivity index (χ3v) is 7.79. The van der Waals surface area contributed by atoms with Crippen LogP contribution in [0.15, 0.2) is 53.4 Å².